The molecule has 0 radical (unpaired) electrons. The van der Waals surface area contributed by atoms with Gasteiger partial charge in [0.2, 0.25) is 5.91 Å². The maximum atomic E-state index is 11.7. The molecule has 0 saturated carbocycles. The summed E-state index contributed by atoms with van der Waals surface area (Å²) in [6, 6.07) is 5.75. The third-order valence-corrected chi connectivity index (χ3v) is 3.65. The van der Waals surface area contributed by atoms with Crippen molar-refractivity contribution in [1.82, 2.24) is 4.98 Å². The third kappa shape index (κ3) is 4.69. The van der Waals surface area contributed by atoms with Crippen LogP contribution in [0.15, 0.2) is 23.6 Å². The summed E-state index contributed by atoms with van der Waals surface area (Å²) >= 11 is 1.39. The normalized spacial score (nSPS) is 11.5. The lowest BCUT2D eigenvalue weighted by Gasteiger charge is -2.07. The van der Waals surface area contributed by atoms with Crippen LogP contribution in [0.5, 0.6) is 5.75 Å². The molecule has 3 N–H and O–H groups in total. The molecule has 0 saturated heterocycles. The van der Waals surface area contributed by atoms with Gasteiger partial charge in [0.05, 0.1) is 12.8 Å². The number of benzene rings is 1. The highest BCUT2D eigenvalue weighted by atomic mass is 35.5. The number of halogens is 1. The molecule has 120 valence electrons. The van der Waals surface area contributed by atoms with Gasteiger partial charge >= 0.3 is 0 Å². The minimum atomic E-state index is -0.165. The summed E-state index contributed by atoms with van der Waals surface area (Å²) in [5.74, 6) is 0.640. The maximum Gasteiger partial charge on any atom is 0.227 e. The number of carbonyl (C=O) groups is 1. The molecule has 7 heteroatoms. The van der Waals surface area contributed by atoms with Crippen molar-refractivity contribution in [1.29, 1.82) is 0 Å². The SMILES string of the molecule is COc1ccc(C)cc1-c1csc(NC(=O)CC(C)N)n1.Cl. The number of thiazole rings is 1. The summed E-state index contributed by atoms with van der Waals surface area (Å²) in [5.41, 5.74) is 8.44. The molecule has 1 unspecified atom stereocenters. The molecule has 0 aliphatic carbocycles. The monoisotopic (exact) mass is 341 g/mol. The Hall–Kier alpha value is -1.63. The smallest absolute Gasteiger partial charge is 0.227 e. The Bertz CT molecular complexity index is 643. The van der Waals surface area contributed by atoms with E-state index in [2.05, 4.69) is 10.3 Å². The first kappa shape index (κ1) is 18.4. The molecule has 2 rings (SSSR count). The number of hydrogen-bond donors (Lipinski definition) is 2. The summed E-state index contributed by atoms with van der Waals surface area (Å²) < 4.78 is 5.36. The minimum Gasteiger partial charge on any atom is -0.496 e. The van der Waals surface area contributed by atoms with E-state index in [1.807, 2.05) is 30.5 Å². The molecule has 1 amide bonds. The Morgan fingerprint density at radius 1 is 1.50 bits per heavy atom. The van der Waals surface area contributed by atoms with Gasteiger partial charge < -0.3 is 15.8 Å². The van der Waals surface area contributed by atoms with Crippen molar-refractivity contribution in [2.24, 2.45) is 5.73 Å². The van der Waals surface area contributed by atoms with Crippen LogP contribution in [0.1, 0.15) is 18.9 Å². The lowest BCUT2D eigenvalue weighted by Crippen LogP contribution is -2.23. The standard InChI is InChI=1S/C15H19N3O2S.ClH/c1-9-4-5-13(20-3)11(6-9)12-8-21-15(17-12)18-14(19)7-10(2)16;/h4-6,8,10H,7,16H2,1-3H3,(H,17,18,19);1H. The molecule has 0 spiro atoms. The maximum absolute atomic E-state index is 11.7. The van der Waals surface area contributed by atoms with Crippen molar-refractivity contribution >= 4 is 34.8 Å². The number of aromatic nitrogens is 1. The fraction of sp³-hybridized carbons (Fsp3) is 0.333. The summed E-state index contributed by atoms with van der Waals surface area (Å²) in [6.07, 6.45) is 0.280. The molecule has 5 nitrogen and oxygen atoms in total. The van der Waals surface area contributed by atoms with E-state index in [4.69, 9.17) is 10.5 Å². The van der Waals surface area contributed by atoms with E-state index in [9.17, 15) is 4.79 Å². The van der Waals surface area contributed by atoms with Crippen molar-refractivity contribution in [3.05, 3.63) is 29.1 Å². The second-order valence-electron chi connectivity index (χ2n) is 4.97. The van der Waals surface area contributed by atoms with Gasteiger partial charge in [0.1, 0.15) is 5.75 Å². The second-order valence-corrected chi connectivity index (χ2v) is 5.83. The average molecular weight is 342 g/mol. The van der Waals surface area contributed by atoms with Crippen LogP contribution in [-0.4, -0.2) is 24.0 Å². The van der Waals surface area contributed by atoms with Crippen molar-refractivity contribution in [2.45, 2.75) is 26.3 Å². The Morgan fingerprint density at radius 2 is 2.23 bits per heavy atom. The molecule has 22 heavy (non-hydrogen) atoms. The van der Waals surface area contributed by atoms with Crippen LogP contribution in [0.25, 0.3) is 11.3 Å². The Morgan fingerprint density at radius 3 is 2.86 bits per heavy atom. The highest BCUT2D eigenvalue weighted by molar-refractivity contribution is 7.14. The predicted molar refractivity (Wildman–Crippen MR) is 93.0 cm³/mol. The Labute approximate surface area is 140 Å². The van der Waals surface area contributed by atoms with Crippen LogP contribution in [0.4, 0.5) is 5.13 Å². The number of nitrogens with zero attached hydrogens (tertiary/aromatic N) is 1. The first-order chi connectivity index (χ1) is 9.99. The van der Waals surface area contributed by atoms with Crippen molar-refractivity contribution in [3.63, 3.8) is 0 Å². The van der Waals surface area contributed by atoms with E-state index in [0.717, 1.165) is 22.6 Å². The van der Waals surface area contributed by atoms with Gasteiger partial charge in [-0.2, -0.15) is 0 Å². The highest BCUT2D eigenvalue weighted by Crippen LogP contribution is 2.32. The molecular formula is C15H20ClN3O2S. The number of hydrogen-bond acceptors (Lipinski definition) is 5. The molecule has 1 atom stereocenters. The van der Waals surface area contributed by atoms with Crippen molar-refractivity contribution in [3.8, 4) is 17.0 Å². The lowest BCUT2D eigenvalue weighted by atomic mass is 10.1. The Kier molecular flexibility index (Phi) is 6.80. The van der Waals surface area contributed by atoms with Gasteiger partial charge in [-0.1, -0.05) is 11.6 Å². The van der Waals surface area contributed by atoms with Crippen LogP contribution >= 0.6 is 23.7 Å². The van der Waals surface area contributed by atoms with Crippen LogP contribution in [0.2, 0.25) is 0 Å². The van der Waals surface area contributed by atoms with Gasteiger partial charge in [-0.15, -0.1) is 23.7 Å². The predicted octanol–water partition coefficient (Wildman–Crippen LogP) is 3.22. The number of rotatable bonds is 5. The van der Waals surface area contributed by atoms with E-state index in [-0.39, 0.29) is 30.8 Å². The first-order valence-corrected chi connectivity index (χ1v) is 7.53. The number of aryl methyl sites for hydroxylation is 1. The van der Waals surface area contributed by atoms with E-state index in [0.29, 0.717) is 5.13 Å². The van der Waals surface area contributed by atoms with E-state index in [1.54, 1.807) is 14.0 Å². The van der Waals surface area contributed by atoms with Gasteiger partial charge in [0.25, 0.3) is 0 Å². The first-order valence-electron chi connectivity index (χ1n) is 6.65. The van der Waals surface area contributed by atoms with E-state index in [1.165, 1.54) is 11.3 Å². The fourth-order valence-electron chi connectivity index (χ4n) is 1.94. The molecular weight excluding hydrogens is 322 g/mol. The quantitative estimate of drug-likeness (QED) is 0.875. The number of nitrogens with two attached hydrogens (primary N) is 1. The molecule has 1 heterocycles. The third-order valence-electron chi connectivity index (χ3n) is 2.89. The molecule has 0 aliphatic heterocycles. The molecule has 0 bridgehead atoms. The Balaban J connectivity index is 0.00000242. The fourth-order valence-corrected chi connectivity index (χ4v) is 2.67. The molecule has 1 aromatic heterocycles. The van der Waals surface area contributed by atoms with E-state index < -0.39 is 0 Å². The number of anilines is 1. The van der Waals surface area contributed by atoms with Gasteiger partial charge in [0.15, 0.2) is 5.13 Å². The van der Waals surface area contributed by atoms with Crippen LogP contribution in [0.3, 0.4) is 0 Å². The van der Waals surface area contributed by atoms with Gasteiger partial charge in [-0.25, -0.2) is 4.98 Å². The highest BCUT2D eigenvalue weighted by Gasteiger charge is 2.12. The van der Waals surface area contributed by atoms with Gasteiger partial charge in [-0.05, 0) is 26.0 Å². The van der Waals surface area contributed by atoms with Crippen molar-refractivity contribution < 1.29 is 9.53 Å². The zero-order chi connectivity index (χ0) is 15.4. The second kappa shape index (κ2) is 8.12. The molecule has 0 aliphatic rings. The molecule has 1 aromatic carbocycles. The summed E-state index contributed by atoms with van der Waals surface area (Å²) in [4.78, 5) is 16.1. The molecule has 2 aromatic rings. The topological polar surface area (TPSA) is 77.2 Å². The number of ether oxygens (including phenoxy) is 1. The van der Waals surface area contributed by atoms with Crippen molar-refractivity contribution in [2.75, 3.05) is 12.4 Å². The zero-order valence-electron chi connectivity index (χ0n) is 12.8. The minimum absolute atomic E-state index is 0. The number of methoxy groups -OCH3 is 1. The zero-order valence-corrected chi connectivity index (χ0v) is 14.4. The van der Waals surface area contributed by atoms with Gasteiger partial charge in [0, 0.05) is 23.4 Å². The largest absolute Gasteiger partial charge is 0.496 e. The number of nitrogens with one attached hydrogen (secondary N) is 1. The summed E-state index contributed by atoms with van der Waals surface area (Å²) in [7, 11) is 1.63. The number of carbonyl (C=O) groups excluding carboxylic acids is 1. The van der Waals surface area contributed by atoms with Crippen LogP contribution in [-0.2, 0) is 4.79 Å². The van der Waals surface area contributed by atoms with E-state index >= 15 is 0 Å². The summed E-state index contributed by atoms with van der Waals surface area (Å²) in [5, 5.41) is 5.23. The lowest BCUT2D eigenvalue weighted by molar-refractivity contribution is -0.116. The summed E-state index contributed by atoms with van der Waals surface area (Å²) in [6.45, 7) is 3.81. The number of amides is 1. The molecule has 0 fully saturated rings. The average Bonchev–Trinajstić information content (AvgIpc) is 2.85. The van der Waals surface area contributed by atoms with Gasteiger partial charge in [-0.3, -0.25) is 4.79 Å². The van der Waals surface area contributed by atoms with Crippen LogP contribution < -0.4 is 15.8 Å². The van der Waals surface area contributed by atoms with Crippen LogP contribution in [0, 0.1) is 6.92 Å².